The molecule has 5 rings (SSSR count). The number of anilines is 3. The lowest BCUT2D eigenvalue weighted by Gasteiger charge is -2.35. The zero-order chi connectivity index (χ0) is 24.2. The highest BCUT2D eigenvalue weighted by molar-refractivity contribution is 7.98. The Morgan fingerprint density at radius 3 is 2.60 bits per heavy atom. The molecule has 2 aromatic carbocycles. The molecule has 0 spiro atoms. The van der Waals surface area contributed by atoms with Crippen LogP contribution in [-0.4, -0.2) is 59.7 Å². The summed E-state index contributed by atoms with van der Waals surface area (Å²) in [5.74, 6) is 1.47. The van der Waals surface area contributed by atoms with E-state index in [1.807, 2.05) is 29.2 Å². The van der Waals surface area contributed by atoms with E-state index in [1.54, 1.807) is 36.5 Å². The lowest BCUT2D eigenvalue weighted by atomic mass is 10.1. The third kappa shape index (κ3) is 5.24. The number of rotatable bonds is 6. The van der Waals surface area contributed by atoms with Crippen molar-refractivity contribution in [1.82, 2.24) is 9.88 Å². The van der Waals surface area contributed by atoms with Crippen molar-refractivity contribution in [3.63, 3.8) is 0 Å². The van der Waals surface area contributed by atoms with E-state index >= 15 is 0 Å². The minimum atomic E-state index is -0.430. The number of amides is 2. The molecule has 9 heteroatoms. The molecule has 2 amide bonds. The number of benzene rings is 2. The summed E-state index contributed by atoms with van der Waals surface area (Å²) in [5.41, 5.74) is 2.54. The van der Waals surface area contributed by atoms with Crippen LogP contribution in [-0.2, 0) is 10.5 Å². The summed E-state index contributed by atoms with van der Waals surface area (Å²) >= 11 is 1.50. The number of thioether (sulfide) groups is 1. The van der Waals surface area contributed by atoms with Crippen LogP contribution in [0.1, 0.15) is 15.9 Å². The van der Waals surface area contributed by atoms with E-state index in [2.05, 4.69) is 20.5 Å². The summed E-state index contributed by atoms with van der Waals surface area (Å²) in [5, 5.41) is 6.17. The smallest absolute Gasteiger partial charge is 0.254 e. The summed E-state index contributed by atoms with van der Waals surface area (Å²) in [4.78, 5) is 34.1. The van der Waals surface area contributed by atoms with Gasteiger partial charge in [-0.1, -0.05) is 24.3 Å². The highest BCUT2D eigenvalue weighted by Gasteiger charge is 2.28. The number of hydrogen-bond donors (Lipinski definition) is 2. The molecule has 1 fully saturated rings. The largest absolute Gasteiger partial charge is 0.371 e. The summed E-state index contributed by atoms with van der Waals surface area (Å²) < 4.78 is 13.8. The maximum absolute atomic E-state index is 13.8. The number of carbonyl (C=O) groups is 2. The van der Waals surface area contributed by atoms with E-state index in [0.717, 1.165) is 24.6 Å². The zero-order valence-electron chi connectivity index (χ0n) is 19.1. The molecular formula is C26H26FN5O2S. The van der Waals surface area contributed by atoms with Crippen LogP contribution in [0.4, 0.5) is 21.6 Å². The molecule has 2 aliphatic rings. The Labute approximate surface area is 207 Å². The Bertz CT molecular complexity index is 1220. The molecule has 3 heterocycles. The first-order valence-electron chi connectivity index (χ1n) is 11.6. The van der Waals surface area contributed by atoms with Crippen molar-refractivity contribution in [1.29, 1.82) is 0 Å². The van der Waals surface area contributed by atoms with E-state index in [-0.39, 0.29) is 17.6 Å². The molecule has 0 saturated carbocycles. The van der Waals surface area contributed by atoms with Gasteiger partial charge in [0.1, 0.15) is 17.7 Å². The Kier molecular flexibility index (Phi) is 6.85. The molecule has 0 bridgehead atoms. The van der Waals surface area contributed by atoms with Crippen LogP contribution < -0.4 is 15.5 Å². The van der Waals surface area contributed by atoms with Crippen LogP contribution in [0.2, 0.25) is 0 Å². The van der Waals surface area contributed by atoms with Crippen molar-refractivity contribution in [3.8, 4) is 0 Å². The van der Waals surface area contributed by atoms with Gasteiger partial charge < -0.3 is 20.4 Å². The number of pyridine rings is 1. The highest BCUT2D eigenvalue weighted by atomic mass is 32.2. The van der Waals surface area contributed by atoms with E-state index < -0.39 is 6.04 Å². The van der Waals surface area contributed by atoms with Crippen LogP contribution in [0.5, 0.6) is 0 Å². The van der Waals surface area contributed by atoms with Gasteiger partial charge in [0.15, 0.2) is 0 Å². The lowest BCUT2D eigenvalue weighted by molar-refractivity contribution is -0.116. The molecule has 1 saturated heterocycles. The topological polar surface area (TPSA) is 77.6 Å². The summed E-state index contributed by atoms with van der Waals surface area (Å²) in [7, 11) is 0. The van der Waals surface area contributed by atoms with E-state index in [0.29, 0.717) is 41.4 Å². The number of aromatic nitrogens is 1. The second kappa shape index (κ2) is 10.4. The molecule has 0 aliphatic carbocycles. The molecule has 35 heavy (non-hydrogen) atoms. The quantitative estimate of drug-likeness (QED) is 0.546. The number of piperazine rings is 1. The van der Waals surface area contributed by atoms with Crippen LogP contribution in [0.25, 0.3) is 0 Å². The van der Waals surface area contributed by atoms with Crippen LogP contribution in [0.15, 0.2) is 66.9 Å². The minimum Gasteiger partial charge on any atom is -0.371 e. The molecule has 1 aromatic heterocycles. The molecule has 0 radical (unpaired) electrons. The maximum atomic E-state index is 13.8. The van der Waals surface area contributed by atoms with E-state index in [4.69, 9.17) is 0 Å². The van der Waals surface area contributed by atoms with Crippen molar-refractivity contribution in [2.45, 2.75) is 11.8 Å². The van der Waals surface area contributed by atoms with Crippen molar-refractivity contribution in [2.24, 2.45) is 0 Å². The van der Waals surface area contributed by atoms with Crippen LogP contribution in [0, 0.1) is 5.82 Å². The van der Waals surface area contributed by atoms with Gasteiger partial charge in [0.05, 0.1) is 11.4 Å². The number of carbonyl (C=O) groups excluding carboxylic acids is 2. The first-order chi connectivity index (χ1) is 17.1. The van der Waals surface area contributed by atoms with Crippen molar-refractivity contribution in [2.75, 3.05) is 47.5 Å². The van der Waals surface area contributed by atoms with Crippen molar-refractivity contribution >= 4 is 40.8 Å². The third-order valence-electron chi connectivity index (χ3n) is 6.21. The fourth-order valence-corrected chi connectivity index (χ4v) is 5.30. The van der Waals surface area contributed by atoms with Crippen molar-refractivity contribution in [3.05, 3.63) is 83.8 Å². The number of fused-ring (bicyclic) bond motifs is 1. The fraction of sp³-hybridized carbons (Fsp3) is 0.269. The lowest BCUT2D eigenvalue weighted by Crippen LogP contribution is -2.49. The second-order valence-corrected chi connectivity index (χ2v) is 9.55. The van der Waals surface area contributed by atoms with Crippen LogP contribution >= 0.6 is 11.8 Å². The number of nitrogens with zero attached hydrogens (tertiary/aromatic N) is 3. The van der Waals surface area contributed by atoms with Gasteiger partial charge >= 0.3 is 0 Å². The van der Waals surface area contributed by atoms with E-state index in [9.17, 15) is 14.0 Å². The number of hydrogen-bond acceptors (Lipinski definition) is 6. The van der Waals surface area contributed by atoms with Gasteiger partial charge in [0.25, 0.3) is 5.91 Å². The Morgan fingerprint density at radius 1 is 1.03 bits per heavy atom. The van der Waals surface area contributed by atoms with E-state index in [1.165, 1.54) is 17.8 Å². The zero-order valence-corrected chi connectivity index (χ0v) is 19.9. The fourth-order valence-electron chi connectivity index (χ4n) is 4.26. The maximum Gasteiger partial charge on any atom is 0.254 e. The first kappa shape index (κ1) is 23.2. The molecule has 2 N–H and O–H groups in total. The average molecular weight is 492 g/mol. The van der Waals surface area contributed by atoms with Gasteiger partial charge in [-0.15, -0.1) is 0 Å². The Morgan fingerprint density at radius 2 is 1.83 bits per heavy atom. The normalized spacial score (nSPS) is 17.4. The SMILES string of the molecule is O=C1Nc2cc(C(=O)N3CCN(c4ccccn4)CC3)ccc2NC1CSCc1ccccc1F. The highest BCUT2D eigenvalue weighted by Crippen LogP contribution is 2.30. The standard InChI is InChI=1S/C26H26FN5O2S/c27-20-6-2-1-5-19(20)16-35-17-23-25(33)30-22-15-18(8-9-21(22)29-23)26(34)32-13-11-31(12-14-32)24-7-3-4-10-28-24/h1-10,15,23,29H,11-14,16-17H2,(H,30,33). The minimum absolute atomic E-state index is 0.0507. The molecule has 1 atom stereocenters. The van der Waals surface area contributed by atoms with Crippen LogP contribution in [0.3, 0.4) is 0 Å². The number of nitrogens with one attached hydrogen (secondary N) is 2. The van der Waals surface area contributed by atoms with Gasteiger partial charge in [-0.25, -0.2) is 9.37 Å². The monoisotopic (exact) mass is 491 g/mol. The van der Waals surface area contributed by atoms with Gasteiger partial charge in [0.2, 0.25) is 5.91 Å². The molecule has 1 unspecified atom stereocenters. The van der Waals surface area contributed by atoms with Gasteiger partial charge in [-0.2, -0.15) is 11.8 Å². The summed E-state index contributed by atoms with van der Waals surface area (Å²) in [6.45, 7) is 2.66. The van der Waals surface area contributed by atoms with Gasteiger partial charge in [-0.05, 0) is 42.0 Å². The molecule has 2 aliphatic heterocycles. The summed E-state index contributed by atoms with van der Waals surface area (Å²) in [6.07, 6.45) is 1.77. The average Bonchev–Trinajstić information content (AvgIpc) is 2.90. The first-order valence-corrected chi connectivity index (χ1v) is 12.7. The molecule has 180 valence electrons. The molecule has 3 aromatic rings. The predicted molar refractivity (Wildman–Crippen MR) is 137 cm³/mol. The third-order valence-corrected chi connectivity index (χ3v) is 7.29. The van der Waals surface area contributed by atoms with Crippen molar-refractivity contribution < 1.29 is 14.0 Å². The second-order valence-electron chi connectivity index (χ2n) is 8.52. The van der Waals surface area contributed by atoms with Gasteiger partial charge in [-0.3, -0.25) is 9.59 Å². The Balaban J connectivity index is 1.17. The van der Waals surface area contributed by atoms with Gasteiger partial charge in [0, 0.05) is 49.4 Å². The molecular weight excluding hydrogens is 465 g/mol. The predicted octanol–water partition coefficient (Wildman–Crippen LogP) is 3.85. The number of halogens is 1. The molecule has 7 nitrogen and oxygen atoms in total. The summed E-state index contributed by atoms with van der Waals surface area (Å²) in [6, 6.07) is 17.4. The Hall–Kier alpha value is -3.59.